The first kappa shape index (κ1) is 21.5. The fourth-order valence-electron chi connectivity index (χ4n) is 3.48. The van der Waals surface area contributed by atoms with Gasteiger partial charge in [-0.3, -0.25) is 4.79 Å². The third kappa shape index (κ3) is 4.56. The van der Waals surface area contributed by atoms with Crippen LogP contribution < -0.4 is 5.32 Å². The monoisotopic (exact) mass is 381 g/mol. The Hall–Kier alpha value is -2.75. The fraction of sp³-hybridized carbons (Fsp3) is 0.375. The molecular weight excluding hydrogens is 350 g/mol. The molecular formula is C24H31NO3. The van der Waals surface area contributed by atoms with Crippen molar-refractivity contribution < 1.29 is 15.0 Å². The highest BCUT2D eigenvalue weighted by Crippen LogP contribution is 2.44. The van der Waals surface area contributed by atoms with E-state index in [9.17, 15) is 15.0 Å². The molecule has 0 radical (unpaired) electrons. The van der Waals surface area contributed by atoms with Gasteiger partial charge in [-0.05, 0) is 56.4 Å². The van der Waals surface area contributed by atoms with Crippen molar-refractivity contribution in [1.29, 1.82) is 0 Å². The number of allylic oxidation sites excluding steroid dienone is 1. The lowest BCUT2D eigenvalue weighted by Gasteiger charge is -2.19. The number of phenolic OH excluding ortho intramolecular Hbond substituents is 2. The molecule has 0 saturated carbocycles. The molecule has 0 aliphatic carbocycles. The van der Waals surface area contributed by atoms with Crippen molar-refractivity contribution in [3.63, 3.8) is 0 Å². The van der Waals surface area contributed by atoms with Crippen molar-refractivity contribution >= 4 is 11.5 Å². The number of carbonyl (C=O) groups excluding carboxylic acids is 1. The number of benzene rings is 2. The zero-order valence-corrected chi connectivity index (χ0v) is 17.4. The van der Waals surface area contributed by atoms with Crippen LogP contribution in [0.1, 0.15) is 67.1 Å². The van der Waals surface area contributed by atoms with Gasteiger partial charge in [0.2, 0.25) is 0 Å². The van der Waals surface area contributed by atoms with Crippen LogP contribution in [0, 0.1) is 6.92 Å². The van der Waals surface area contributed by atoms with Gasteiger partial charge in [0.25, 0.3) is 5.91 Å². The molecule has 0 aliphatic heterocycles. The number of amides is 1. The van der Waals surface area contributed by atoms with Gasteiger partial charge in [-0.15, -0.1) is 0 Å². The third-order valence-electron chi connectivity index (χ3n) is 4.88. The van der Waals surface area contributed by atoms with E-state index in [1.807, 2.05) is 39.0 Å². The SMILES string of the molecule is C=C(C)c1ccc(C)cc1-c1c(O)cc(CCCCC)c(C(=O)NCC)c1O. The molecule has 0 spiro atoms. The van der Waals surface area contributed by atoms with E-state index in [0.29, 0.717) is 24.1 Å². The average molecular weight is 382 g/mol. The van der Waals surface area contributed by atoms with Crippen molar-refractivity contribution in [2.75, 3.05) is 6.54 Å². The number of nitrogens with one attached hydrogen (secondary N) is 1. The summed E-state index contributed by atoms with van der Waals surface area (Å²) in [5.74, 6) is -0.520. The van der Waals surface area contributed by atoms with Crippen LogP contribution in [0.2, 0.25) is 0 Å². The minimum atomic E-state index is -0.322. The van der Waals surface area contributed by atoms with E-state index in [-0.39, 0.29) is 28.5 Å². The Bertz CT molecular complexity index is 884. The van der Waals surface area contributed by atoms with Crippen LogP contribution in [-0.2, 0) is 6.42 Å². The summed E-state index contributed by atoms with van der Waals surface area (Å²) < 4.78 is 0. The van der Waals surface area contributed by atoms with E-state index in [0.717, 1.165) is 36.0 Å². The normalized spacial score (nSPS) is 10.7. The van der Waals surface area contributed by atoms with Gasteiger partial charge in [-0.25, -0.2) is 0 Å². The summed E-state index contributed by atoms with van der Waals surface area (Å²) in [7, 11) is 0. The topological polar surface area (TPSA) is 69.6 Å². The summed E-state index contributed by atoms with van der Waals surface area (Å²) in [6.07, 6.45) is 3.60. The third-order valence-corrected chi connectivity index (χ3v) is 4.88. The van der Waals surface area contributed by atoms with Gasteiger partial charge in [0, 0.05) is 6.54 Å². The molecule has 0 aromatic heterocycles. The Morgan fingerprint density at radius 1 is 1.14 bits per heavy atom. The van der Waals surface area contributed by atoms with Gasteiger partial charge in [0.15, 0.2) is 0 Å². The van der Waals surface area contributed by atoms with Crippen LogP contribution >= 0.6 is 0 Å². The molecule has 4 nitrogen and oxygen atoms in total. The summed E-state index contributed by atoms with van der Waals surface area (Å²) in [5.41, 5.74) is 4.51. The van der Waals surface area contributed by atoms with Crippen LogP contribution in [0.3, 0.4) is 0 Å². The fourth-order valence-corrected chi connectivity index (χ4v) is 3.48. The quantitative estimate of drug-likeness (QED) is 0.522. The average Bonchev–Trinajstić information content (AvgIpc) is 2.61. The standard InChI is InChI=1S/C24H31NO3/c1-6-8-9-10-17-14-20(26)22(23(27)21(17)24(28)25-7-2)19-13-16(5)11-12-18(19)15(3)4/h11-14,26-27H,3,6-10H2,1-2,4-5H3,(H,25,28). The van der Waals surface area contributed by atoms with Crippen molar-refractivity contribution in [2.24, 2.45) is 0 Å². The molecule has 0 heterocycles. The molecule has 0 saturated heterocycles. The lowest BCUT2D eigenvalue weighted by molar-refractivity contribution is 0.0952. The maximum absolute atomic E-state index is 12.7. The molecule has 0 fully saturated rings. The minimum Gasteiger partial charge on any atom is -0.507 e. The number of aryl methyl sites for hydroxylation is 2. The number of hydrogen-bond donors (Lipinski definition) is 3. The smallest absolute Gasteiger partial charge is 0.255 e. The zero-order chi connectivity index (χ0) is 20.8. The summed E-state index contributed by atoms with van der Waals surface area (Å²) in [5, 5.41) is 24.7. The maximum Gasteiger partial charge on any atom is 0.255 e. The minimum absolute atomic E-state index is 0.0230. The van der Waals surface area contributed by atoms with E-state index in [4.69, 9.17) is 0 Å². The molecule has 28 heavy (non-hydrogen) atoms. The van der Waals surface area contributed by atoms with Crippen LogP contribution in [0.5, 0.6) is 11.5 Å². The van der Waals surface area contributed by atoms with Crippen LogP contribution in [0.15, 0.2) is 30.8 Å². The largest absolute Gasteiger partial charge is 0.507 e. The lowest BCUT2D eigenvalue weighted by Crippen LogP contribution is -2.24. The Labute approximate surface area is 167 Å². The highest BCUT2D eigenvalue weighted by Gasteiger charge is 2.24. The molecule has 2 rings (SSSR count). The summed E-state index contributed by atoms with van der Waals surface area (Å²) >= 11 is 0. The molecule has 2 aromatic carbocycles. The summed E-state index contributed by atoms with van der Waals surface area (Å²) in [6, 6.07) is 7.41. The predicted molar refractivity (Wildman–Crippen MR) is 116 cm³/mol. The van der Waals surface area contributed by atoms with Gasteiger partial charge in [0.1, 0.15) is 11.5 Å². The Kier molecular flexibility index (Phi) is 7.27. The summed E-state index contributed by atoms with van der Waals surface area (Å²) in [6.45, 7) is 12.3. The van der Waals surface area contributed by atoms with Gasteiger partial charge in [0.05, 0.1) is 11.1 Å². The Morgan fingerprint density at radius 2 is 1.86 bits per heavy atom. The first-order valence-electron chi connectivity index (χ1n) is 9.94. The van der Waals surface area contributed by atoms with Crippen LogP contribution in [0.4, 0.5) is 0 Å². The Balaban J connectivity index is 2.73. The molecule has 150 valence electrons. The zero-order valence-electron chi connectivity index (χ0n) is 17.4. The highest BCUT2D eigenvalue weighted by atomic mass is 16.3. The second-order valence-corrected chi connectivity index (χ2v) is 7.30. The first-order chi connectivity index (χ1) is 13.3. The molecule has 1 amide bonds. The molecule has 3 N–H and O–H groups in total. The second kappa shape index (κ2) is 9.45. The van der Waals surface area contributed by atoms with Crippen LogP contribution in [0.25, 0.3) is 16.7 Å². The van der Waals surface area contributed by atoms with E-state index in [1.54, 1.807) is 6.07 Å². The second-order valence-electron chi connectivity index (χ2n) is 7.30. The van der Waals surface area contributed by atoms with Gasteiger partial charge in [-0.1, -0.05) is 55.7 Å². The van der Waals surface area contributed by atoms with Gasteiger partial charge in [-0.2, -0.15) is 0 Å². The molecule has 0 aliphatic rings. The lowest BCUT2D eigenvalue weighted by atomic mass is 9.89. The number of carbonyl (C=O) groups is 1. The number of hydrogen-bond acceptors (Lipinski definition) is 3. The predicted octanol–water partition coefficient (Wildman–Crippen LogP) is 5.59. The molecule has 2 aromatic rings. The highest BCUT2D eigenvalue weighted by molar-refractivity contribution is 6.02. The van der Waals surface area contributed by atoms with Gasteiger partial charge < -0.3 is 15.5 Å². The number of phenols is 2. The van der Waals surface area contributed by atoms with E-state index in [2.05, 4.69) is 18.8 Å². The molecule has 0 unspecified atom stereocenters. The molecule has 0 atom stereocenters. The van der Waals surface area contributed by atoms with Crippen molar-refractivity contribution in [2.45, 2.75) is 53.4 Å². The maximum atomic E-state index is 12.7. The molecule has 4 heteroatoms. The van der Waals surface area contributed by atoms with Crippen molar-refractivity contribution in [1.82, 2.24) is 5.32 Å². The van der Waals surface area contributed by atoms with Crippen molar-refractivity contribution in [3.05, 3.63) is 53.1 Å². The van der Waals surface area contributed by atoms with Gasteiger partial charge >= 0.3 is 0 Å². The van der Waals surface area contributed by atoms with E-state index in [1.165, 1.54) is 0 Å². The Morgan fingerprint density at radius 3 is 2.46 bits per heavy atom. The number of unbranched alkanes of at least 4 members (excludes halogenated alkanes) is 2. The van der Waals surface area contributed by atoms with E-state index < -0.39 is 0 Å². The van der Waals surface area contributed by atoms with Crippen molar-refractivity contribution in [3.8, 4) is 22.6 Å². The first-order valence-corrected chi connectivity index (χ1v) is 9.94. The molecule has 0 bridgehead atoms. The number of aromatic hydroxyl groups is 2. The van der Waals surface area contributed by atoms with E-state index >= 15 is 0 Å². The summed E-state index contributed by atoms with van der Waals surface area (Å²) in [4.78, 5) is 12.7. The van der Waals surface area contributed by atoms with Crippen LogP contribution in [-0.4, -0.2) is 22.7 Å². The number of rotatable bonds is 8.